The van der Waals surface area contributed by atoms with Gasteiger partial charge in [-0.1, -0.05) is 55.9 Å². The molecule has 1 aliphatic rings. The second-order valence-electron chi connectivity index (χ2n) is 8.80. The van der Waals surface area contributed by atoms with Crippen molar-refractivity contribution < 1.29 is 9.47 Å². The molecule has 1 atom stereocenters. The maximum atomic E-state index is 14.0. The van der Waals surface area contributed by atoms with E-state index in [-0.39, 0.29) is 11.7 Å². The average molecular weight is 493 g/mol. The van der Waals surface area contributed by atoms with Crippen LogP contribution in [0.25, 0.3) is 15.9 Å². The number of aryl methyl sites for hydroxylation is 1. The van der Waals surface area contributed by atoms with Crippen LogP contribution in [0, 0.1) is 5.92 Å². The van der Waals surface area contributed by atoms with Crippen molar-refractivity contribution in [2.24, 2.45) is 5.92 Å². The molecule has 2 aromatic carbocycles. The highest BCUT2D eigenvalue weighted by Gasteiger charge is 2.28. The Morgan fingerprint density at radius 1 is 1.18 bits per heavy atom. The van der Waals surface area contributed by atoms with E-state index in [1.807, 2.05) is 30.3 Å². The summed E-state index contributed by atoms with van der Waals surface area (Å²) >= 11 is 3.22. The van der Waals surface area contributed by atoms with Crippen molar-refractivity contribution in [3.63, 3.8) is 0 Å². The first-order valence-electron chi connectivity index (χ1n) is 11.5. The lowest BCUT2D eigenvalue weighted by molar-refractivity contribution is 0.00200. The van der Waals surface area contributed by atoms with Gasteiger partial charge in [-0.2, -0.15) is 0 Å². The third kappa shape index (κ3) is 4.52. The summed E-state index contributed by atoms with van der Waals surface area (Å²) in [7, 11) is 1.64. The van der Waals surface area contributed by atoms with E-state index in [0.717, 1.165) is 55.8 Å². The van der Waals surface area contributed by atoms with Crippen molar-refractivity contribution in [2.45, 2.75) is 44.6 Å². The molecule has 0 N–H and O–H groups in total. The third-order valence-corrected chi connectivity index (χ3v) is 8.29. The van der Waals surface area contributed by atoms with Crippen LogP contribution in [-0.2, 0) is 24.2 Å². The Morgan fingerprint density at radius 2 is 1.94 bits per heavy atom. The first-order chi connectivity index (χ1) is 16.5. The van der Waals surface area contributed by atoms with Gasteiger partial charge < -0.3 is 9.47 Å². The van der Waals surface area contributed by atoms with E-state index in [2.05, 4.69) is 38.1 Å². The summed E-state index contributed by atoms with van der Waals surface area (Å²) in [5.74, 6) is 1.99. The molecule has 0 aliphatic carbocycles. The van der Waals surface area contributed by atoms with Crippen LogP contribution in [0.1, 0.15) is 29.9 Å². The summed E-state index contributed by atoms with van der Waals surface area (Å²) in [6, 6.07) is 18.0. The Morgan fingerprint density at radius 3 is 2.65 bits per heavy atom. The highest BCUT2D eigenvalue weighted by Crippen LogP contribution is 2.36. The van der Waals surface area contributed by atoms with E-state index in [0.29, 0.717) is 12.5 Å². The minimum absolute atomic E-state index is 0.000663. The monoisotopic (exact) mass is 492 g/mol. The minimum atomic E-state index is -0.000663. The largest absolute Gasteiger partial charge is 0.497 e. The number of fused-ring (bicyclic) bond motifs is 3. The van der Waals surface area contributed by atoms with Crippen molar-refractivity contribution in [3.8, 4) is 11.4 Å². The minimum Gasteiger partial charge on any atom is -0.497 e. The van der Waals surface area contributed by atoms with Gasteiger partial charge in [0, 0.05) is 17.1 Å². The molecule has 1 aliphatic heterocycles. The molecule has 0 fully saturated rings. The van der Waals surface area contributed by atoms with E-state index >= 15 is 0 Å². The van der Waals surface area contributed by atoms with Gasteiger partial charge in [-0.15, -0.1) is 11.3 Å². The zero-order valence-corrected chi connectivity index (χ0v) is 21.2. The second-order valence-corrected chi connectivity index (χ2v) is 10.9. The molecule has 2 aromatic heterocycles. The zero-order valence-electron chi connectivity index (χ0n) is 19.6. The van der Waals surface area contributed by atoms with E-state index in [9.17, 15) is 4.79 Å². The fourth-order valence-electron chi connectivity index (χ4n) is 4.30. The molecule has 0 saturated carbocycles. The van der Waals surface area contributed by atoms with Gasteiger partial charge in [-0.3, -0.25) is 9.36 Å². The van der Waals surface area contributed by atoms with E-state index in [4.69, 9.17) is 14.5 Å². The smallest absolute Gasteiger partial charge is 0.267 e. The summed E-state index contributed by atoms with van der Waals surface area (Å²) in [5, 5.41) is 1.47. The van der Waals surface area contributed by atoms with Crippen LogP contribution in [0.4, 0.5) is 0 Å². The fourth-order valence-corrected chi connectivity index (χ4v) is 6.46. The Bertz CT molecular complexity index is 1340. The van der Waals surface area contributed by atoms with Crippen molar-refractivity contribution >= 4 is 33.3 Å². The van der Waals surface area contributed by atoms with Crippen molar-refractivity contribution in [3.05, 3.63) is 81.0 Å². The molecule has 0 bridgehead atoms. The molecule has 5 rings (SSSR count). The number of methoxy groups -OCH3 is 1. The van der Waals surface area contributed by atoms with Gasteiger partial charge in [0.1, 0.15) is 10.6 Å². The van der Waals surface area contributed by atoms with Crippen LogP contribution >= 0.6 is 23.1 Å². The number of thiophene rings is 1. The van der Waals surface area contributed by atoms with Gasteiger partial charge in [0.05, 0.1) is 30.9 Å². The van der Waals surface area contributed by atoms with Gasteiger partial charge in [0.2, 0.25) is 0 Å². The van der Waals surface area contributed by atoms with Crippen LogP contribution in [0.15, 0.2) is 64.5 Å². The van der Waals surface area contributed by atoms with Gasteiger partial charge >= 0.3 is 0 Å². The standard InChI is InChI=1S/C27H28N2O3S2/c1-17(2)22-15-21-23(16-32-22)34-25-24(21)26(30)29(19-9-11-20(31-3)12-10-19)27(28-25)33-14-13-18-7-5-4-6-8-18/h4-12,17,22H,13-16H2,1-3H3/t22-/m1/s1. The Balaban J connectivity index is 1.58. The molecule has 0 spiro atoms. The van der Waals surface area contributed by atoms with Crippen molar-refractivity contribution in [1.29, 1.82) is 0 Å². The van der Waals surface area contributed by atoms with Crippen molar-refractivity contribution in [1.82, 2.24) is 9.55 Å². The average Bonchev–Trinajstić information content (AvgIpc) is 3.23. The predicted molar refractivity (Wildman–Crippen MR) is 140 cm³/mol. The molecular weight excluding hydrogens is 464 g/mol. The van der Waals surface area contributed by atoms with Crippen LogP contribution in [0.5, 0.6) is 5.75 Å². The third-order valence-electron chi connectivity index (χ3n) is 6.25. The Hall–Kier alpha value is -2.61. The molecule has 176 valence electrons. The fraction of sp³-hybridized carbons (Fsp3) is 0.333. The van der Waals surface area contributed by atoms with Crippen molar-refractivity contribution in [2.75, 3.05) is 12.9 Å². The number of nitrogens with zero attached hydrogens (tertiary/aromatic N) is 2. The topological polar surface area (TPSA) is 53.4 Å². The number of rotatable bonds is 7. The molecule has 34 heavy (non-hydrogen) atoms. The molecule has 0 unspecified atom stereocenters. The van der Waals surface area contributed by atoms with E-state index < -0.39 is 0 Å². The molecule has 5 nitrogen and oxygen atoms in total. The van der Waals surface area contributed by atoms with Crippen LogP contribution in [0.3, 0.4) is 0 Å². The van der Waals surface area contributed by atoms with E-state index in [1.165, 1.54) is 5.56 Å². The molecule has 7 heteroatoms. The van der Waals surface area contributed by atoms with Gasteiger partial charge in [-0.25, -0.2) is 4.98 Å². The first kappa shape index (κ1) is 23.1. The first-order valence-corrected chi connectivity index (χ1v) is 13.4. The predicted octanol–water partition coefficient (Wildman–Crippen LogP) is 5.89. The summed E-state index contributed by atoms with van der Waals surface area (Å²) in [5.41, 5.74) is 3.19. The molecule has 0 radical (unpaired) electrons. The number of hydrogen-bond acceptors (Lipinski definition) is 6. The molecular formula is C27H28N2O3S2. The number of hydrogen-bond donors (Lipinski definition) is 0. The molecule has 0 saturated heterocycles. The number of thioether (sulfide) groups is 1. The zero-order chi connectivity index (χ0) is 23.7. The molecule has 3 heterocycles. The summed E-state index contributed by atoms with van der Waals surface area (Å²) in [6.07, 6.45) is 1.79. The number of ether oxygens (including phenoxy) is 2. The quantitative estimate of drug-likeness (QED) is 0.238. The van der Waals surface area contributed by atoms with Gasteiger partial charge in [0.15, 0.2) is 5.16 Å². The number of aromatic nitrogens is 2. The maximum absolute atomic E-state index is 14.0. The van der Waals surface area contributed by atoms with Crippen LogP contribution in [0.2, 0.25) is 0 Å². The Kier molecular flexibility index (Phi) is 6.77. The normalized spacial score (nSPS) is 15.6. The lowest BCUT2D eigenvalue weighted by atomic mass is 9.96. The summed E-state index contributed by atoms with van der Waals surface area (Å²) < 4.78 is 13.2. The Labute approximate surface area is 207 Å². The second kappa shape index (κ2) is 9.94. The van der Waals surface area contributed by atoms with Crippen LogP contribution < -0.4 is 10.3 Å². The van der Waals surface area contributed by atoms with Crippen LogP contribution in [-0.4, -0.2) is 28.5 Å². The molecule has 0 amide bonds. The lowest BCUT2D eigenvalue weighted by Gasteiger charge is -2.26. The molecule has 4 aromatic rings. The van der Waals surface area contributed by atoms with Gasteiger partial charge in [-0.05, 0) is 47.7 Å². The number of benzene rings is 2. The summed E-state index contributed by atoms with van der Waals surface area (Å²) in [4.78, 5) is 21.0. The van der Waals surface area contributed by atoms with E-state index in [1.54, 1.807) is 34.8 Å². The highest BCUT2D eigenvalue weighted by molar-refractivity contribution is 7.99. The SMILES string of the molecule is COc1ccc(-n2c(SCCc3ccccc3)nc3sc4c(c3c2=O)C[C@H](C(C)C)OC4)cc1. The maximum Gasteiger partial charge on any atom is 0.267 e. The van der Waals surface area contributed by atoms with Gasteiger partial charge in [0.25, 0.3) is 5.56 Å². The summed E-state index contributed by atoms with van der Waals surface area (Å²) in [6.45, 7) is 4.89. The highest BCUT2D eigenvalue weighted by atomic mass is 32.2. The lowest BCUT2D eigenvalue weighted by Crippen LogP contribution is -2.28.